The van der Waals surface area contributed by atoms with Gasteiger partial charge in [0.1, 0.15) is 12.4 Å². The zero-order valence-corrected chi connectivity index (χ0v) is 8.16. The average Bonchev–Trinajstić information content (AvgIpc) is 2.61. The Hall–Kier alpha value is -1.29. The molecule has 4 nitrogen and oxygen atoms in total. The fourth-order valence-electron chi connectivity index (χ4n) is 0.990. The van der Waals surface area contributed by atoms with Gasteiger partial charge in [0, 0.05) is 6.61 Å². The number of furan rings is 1. The number of hydrogen-bond acceptors (Lipinski definition) is 3. The van der Waals surface area contributed by atoms with E-state index in [4.69, 9.17) is 14.3 Å². The van der Waals surface area contributed by atoms with Gasteiger partial charge in [-0.05, 0) is 18.6 Å². The third kappa shape index (κ3) is 3.22. The van der Waals surface area contributed by atoms with Crippen molar-refractivity contribution in [2.75, 3.05) is 6.61 Å². The van der Waals surface area contributed by atoms with Crippen LogP contribution in [0.3, 0.4) is 0 Å². The summed E-state index contributed by atoms with van der Waals surface area (Å²) in [6.45, 7) is 3.10. The van der Waals surface area contributed by atoms with Gasteiger partial charge in [-0.15, -0.1) is 0 Å². The van der Waals surface area contributed by atoms with E-state index >= 15 is 0 Å². The normalized spacial score (nSPS) is 10.4. The number of unbranched alkanes of at least 4 members (excludes halogenated alkanes) is 1. The predicted molar refractivity (Wildman–Crippen MR) is 50.2 cm³/mol. The highest BCUT2D eigenvalue weighted by atomic mass is 16.5. The minimum atomic E-state index is -1.05. The topological polar surface area (TPSA) is 59.7 Å². The summed E-state index contributed by atoms with van der Waals surface area (Å²) in [5.41, 5.74) is 0. The van der Waals surface area contributed by atoms with Gasteiger partial charge in [-0.2, -0.15) is 0 Å². The maximum atomic E-state index is 10.5. The molecule has 1 heterocycles. The fraction of sp³-hybridized carbons (Fsp3) is 0.500. The number of ether oxygens (including phenoxy) is 1. The highest BCUT2D eigenvalue weighted by Gasteiger charge is 2.08. The SMILES string of the molecule is CCCCOCc1ccc(C(=O)O)o1. The van der Waals surface area contributed by atoms with Crippen molar-refractivity contribution in [3.8, 4) is 0 Å². The molecule has 0 aliphatic heterocycles. The summed E-state index contributed by atoms with van der Waals surface area (Å²) in [6.07, 6.45) is 2.09. The van der Waals surface area contributed by atoms with E-state index < -0.39 is 5.97 Å². The van der Waals surface area contributed by atoms with E-state index in [1.54, 1.807) is 6.07 Å². The van der Waals surface area contributed by atoms with Crippen LogP contribution in [0.5, 0.6) is 0 Å². The number of rotatable bonds is 6. The van der Waals surface area contributed by atoms with Crippen LogP contribution in [0.25, 0.3) is 0 Å². The van der Waals surface area contributed by atoms with Crippen molar-refractivity contribution in [1.29, 1.82) is 0 Å². The highest BCUT2D eigenvalue weighted by Crippen LogP contribution is 2.09. The number of carbonyl (C=O) groups is 1. The second-order valence-corrected chi connectivity index (χ2v) is 2.98. The molecule has 1 rings (SSSR count). The van der Waals surface area contributed by atoms with Crippen molar-refractivity contribution in [3.63, 3.8) is 0 Å². The molecular formula is C10H14O4. The molecule has 0 aromatic carbocycles. The van der Waals surface area contributed by atoms with E-state index in [9.17, 15) is 4.79 Å². The van der Waals surface area contributed by atoms with Gasteiger partial charge < -0.3 is 14.3 Å². The van der Waals surface area contributed by atoms with Gasteiger partial charge in [0.15, 0.2) is 0 Å². The predicted octanol–water partition coefficient (Wildman–Crippen LogP) is 2.29. The quantitative estimate of drug-likeness (QED) is 0.712. The Labute approximate surface area is 82.5 Å². The van der Waals surface area contributed by atoms with Crippen molar-refractivity contribution in [1.82, 2.24) is 0 Å². The monoisotopic (exact) mass is 198 g/mol. The molecule has 0 saturated heterocycles. The first kappa shape index (κ1) is 10.8. The standard InChI is InChI=1S/C10H14O4/c1-2-3-6-13-7-8-4-5-9(14-8)10(11)12/h4-5H,2-3,6-7H2,1H3,(H,11,12). The van der Waals surface area contributed by atoms with E-state index in [0.29, 0.717) is 19.0 Å². The molecule has 0 radical (unpaired) electrons. The summed E-state index contributed by atoms with van der Waals surface area (Å²) in [4.78, 5) is 10.5. The van der Waals surface area contributed by atoms with Crippen LogP contribution in [0.15, 0.2) is 16.5 Å². The van der Waals surface area contributed by atoms with Crippen LogP contribution in [-0.4, -0.2) is 17.7 Å². The van der Waals surface area contributed by atoms with E-state index in [-0.39, 0.29) is 5.76 Å². The zero-order chi connectivity index (χ0) is 10.4. The summed E-state index contributed by atoms with van der Waals surface area (Å²) in [5.74, 6) is -0.539. The minimum Gasteiger partial charge on any atom is -0.475 e. The largest absolute Gasteiger partial charge is 0.475 e. The Morgan fingerprint density at radius 3 is 2.93 bits per heavy atom. The Kier molecular flexibility index (Phi) is 4.19. The first-order valence-electron chi connectivity index (χ1n) is 4.63. The molecular weight excluding hydrogens is 184 g/mol. The van der Waals surface area contributed by atoms with Crippen LogP contribution in [0.2, 0.25) is 0 Å². The third-order valence-electron chi connectivity index (χ3n) is 1.76. The van der Waals surface area contributed by atoms with Crippen molar-refractivity contribution in [2.45, 2.75) is 26.4 Å². The second kappa shape index (κ2) is 5.44. The van der Waals surface area contributed by atoms with Crippen LogP contribution in [0, 0.1) is 0 Å². The molecule has 0 aliphatic carbocycles. The molecule has 0 aliphatic rings. The summed E-state index contributed by atoms with van der Waals surface area (Å²) in [5, 5.41) is 8.57. The summed E-state index contributed by atoms with van der Waals surface area (Å²) >= 11 is 0. The lowest BCUT2D eigenvalue weighted by molar-refractivity contribution is 0.0646. The molecule has 0 atom stereocenters. The lowest BCUT2D eigenvalue weighted by atomic mass is 10.4. The Balaban J connectivity index is 2.33. The minimum absolute atomic E-state index is 0.0425. The molecule has 1 aromatic heterocycles. The molecule has 0 saturated carbocycles. The van der Waals surface area contributed by atoms with E-state index in [1.165, 1.54) is 6.07 Å². The van der Waals surface area contributed by atoms with Gasteiger partial charge >= 0.3 is 5.97 Å². The molecule has 1 N–H and O–H groups in total. The van der Waals surface area contributed by atoms with Gasteiger partial charge in [-0.25, -0.2) is 4.79 Å². The zero-order valence-electron chi connectivity index (χ0n) is 8.16. The number of carboxylic acids is 1. The summed E-state index contributed by atoms with van der Waals surface area (Å²) in [7, 11) is 0. The molecule has 78 valence electrons. The van der Waals surface area contributed by atoms with E-state index in [1.807, 2.05) is 0 Å². The molecule has 0 fully saturated rings. The van der Waals surface area contributed by atoms with Crippen LogP contribution in [0.1, 0.15) is 36.1 Å². The lowest BCUT2D eigenvalue weighted by Crippen LogP contribution is -1.94. The molecule has 0 spiro atoms. The first-order valence-corrected chi connectivity index (χ1v) is 4.63. The molecule has 14 heavy (non-hydrogen) atoms. The van der Waals surface area contributed by atoms with Gasteiger partial charge in [0.05, 0.1) is 0 Å². The highest BCUT2D eigenvalue weighted by molar-refractivity contribution is 5.84. The molecule has 0 amide bonds. The van der Waals surface area contributed by atoms with E-state index in [0.717, 1.165) is 12.8 Å². The third-order valence-corrected chi connectivity index (χ3v) is 1.76. The number of carboxylic acid groups (broad SMARTS) is 1. The Bertz CT molecular complexity index is 290. The average molecular weight is 198 g/mol. The Morgan fingerprint density at radius 1 is 1.57 bits per heavy atom. The van der Waals surface area contributed by atoms with Gasteiger partial charge in [0.2, 0.25) is 5.76 Å². The van der Waals surface area contributed by atoms with Crippen LogP contribution in [-0.2, 0) is 11.3 Å². The maximum absolute atomic E-state index is 10.5. The van der Waals surface area contributed by atoms with Crippen molar-refractivity contribution >= 4 is 5.97 Å². The molecule has 4 heteroatoms. The van der Waals surface area contributed by atoms with Crippen LogP contribution in [0.4, 0.5) is 0 Å². The lowest BCUT2D eigenvalue weighted by Gasteiger charge is -1.99. The first-order chi connectivity index (χ1) is 6.74. The van der Waals surface area contributed by atoms with Crippen molar-refractivity contribution in [3.05, 3.63) is 23.7 Å². The maximum Gasteiger partial charge on any atom is 0.371 e. The summed E-state index contributed by atoms with van der Waals surface area (Å²) < 4.78 is 10.3. The second-order valence-electron chi connectivity index (χ2n) is 2.98. The van der Waals surface area contributed by atoms with Crippen LogP contribution >= 0.6 is 0 Å². The molecule has 1 aromatic rings. The summed E-state index contributed by atoms with van der Waals surface area (Å²) in [6, 6.07) is 3.05. The van der Waals surface area contributed by atoms with Gasteiger partial charge in [0.25, 0.3) is 0 Å². The molecule has 0 unspecified atom stereocenters. The van der Waals surface area contributed by atoms with Crippen LogP contribution < -0.4 is 0 Å². The van der Waals surface area contributed by atoms with Gasteiger partial charge in [-0.3, -0.25) is 0 Å². The number of aromatic carboxylic acids is 1. The van der Waals surface area contributed by atoms with Gasteiger partial charge in [-0.1, -0.05) is 13.3 Å². The number of hydrogen-bond donors (Lipinski definition) is 1. The van der Waals surface area contributed by atoms with Crippen molar-refractivity contribution in [2.24, 2.45) is 0 Å². The van der Waals surface area contributed by atoms with E-state index in [2.05, 4.69) is 6.92 Å². The van der Waals surface area contributed by atoms with Crippen molar-refractivity contribution < 1.29 is 19.1 Å². The smallest absolute Gasteiger partial charge is 0.371 e. The molecule has 0 bridgehead atoms. The fourth-order valence-corrected chi connectivity index (χ4v) is 0.990. The Morgan fingerprint density at radius 2 is 2.36 bits per heavy atom.